The van der Waals surface area contributed by atoms with Crippen LogP contribution in [0.15, 0.2) is 0 Å². The molecule has 1 aromatic rings. The molecule has 90 valence electrons. The largest absolute Gasteiger partial charge is 0.327 e. The summed E-state index contributed by atoms with van der Waals surface area (Å²) in [6, 6.07) is -0.0661. The molecule has 0 aliphatic heterocycles. The zero-order valence-corrected chi connectivity index (χ0v) is 10.5. The van der Waals surface area contributed by atoms with Gasteiger partial charge in [0.25, 0.3) is 0 Å². The first-order valence-corrected chi connectivity index (χ1v) is 6.35. The molecule has 0 spiro atoms. The lowest BCUT2D eigenvalue weighted by Crippen LogP contribution is -2.26. The van der Waals surface area contributed by atoms with Gasteiger partial charge in [-0.1, -0.05) is 31.6 Å². The minimum Gasteiger partial charge on any atom is -0.327 e. The molecule has 1 heterocycles. The molecular weight excluding hydrogens is 224 g/mol. The van der Waals surface area contributed by atoms with E-state index in [4.69, 9.17) is 5.73 Å². The smallest absolute Gasteiger partial charge is 0.227 e. The average Bonchev–Trinajstić information content (AvgIpc) is 2.65. The molecule has 0 fully saturated rings. The monoisotopic (exact) mass is 242 g/mol. The van der Waals surface area contributed by atoms with Crippen LogP contribution in [0.4, 0.5) is 5.13 Å². The Bertz CT molecular complexity index is 339. The van der Waals surface area contributed by atoms with E-state index in [-0.39, 0.29) is 11.9 Å². The van der Waals surface area contributed by atoms with Gasteiger partial charge in [0.2, 0.25) is 11.0 Å². The van der Waals surface area contributed by atoms with Crippen LogP contribution in [-0.2, 0) is 11.2 Å². The van der Waals surface area contributed by atoms with Crippen molar-refractivity contribution in [3.05, 3.63) is 5.01 Å². The second-order valence-corrected chi connectivity index (χ2v) is 4.72. The Morgan fingerprint density at radius 2 is 2.25 bits per heavy atom. The second kappa shape index (κ2) is 6.55. The summed E-state index contributed by atoms with van der Waals surface area (Å²) in [4.78, 5) is 11.5. The maximum atomic E-state index is 11.5. The van der Waals surface area contributed by atoms with Gasteiger partial charge < -0.3 is 11.1 Å². The van der Waals surface area contributed by atoms with Crippen molar-refractivity contribution in [2.45, 2.75) is 45.6 Å². The van der Waals surface area contributed by atoms with E-state index in [1.54, 1.807) is 0 Å². The van der Waals surface area contributed by atoms with Crippen molar-refractivity contribution in [3.8, 4) is 0 Å². The van der Waals surface area contributed by atoms with Gasteiger partial charge in [0.1, 0.15) is 5.01 Å². The summed E-state index contributed by atoms with van der Waals surface area (Å²) in [5, 5.41) is 12.0. The van der Waals surface area contributed by atoms with Gasteiger partial charge in [-0.15, -0.1) is 10.2 Å². The molecule has 5 nitrogen and oxygen atoms in total. The van der Waals surface area contributed by atoms with E-state index in [0.717, 1.165) is 24.3 Å². The number of amides is 1. The number of nitrogens with zero attached hydrogens (tertiary/aromatic N) is 2. The van der Waals surface area contributed by atoms with Crippen LogP contribution in [-0.4, -0.2) is 22.1 Å². The first-order chi connectivity index (χ1) is 7.65. The van der Waals surface area contributed by atoms with Crippen LogP contribution >= 0.6 is 11.3 Å². The van der Waals surface area contributed by atoms with Gasteiger partial charge in [0.15, 0.2) is 0 Å². The van der Waals surface area contributed by atoms with E-state index in [9.17, 15) is 4.79 Å². The normalized spacial score (nSPS) is 12.4. The van der Waals surface area contributed by atoms with Gasteiger partial charge in [0.05, 0.1) is 0 Å². The van der Waals surface area contributed by atoms with Crippen LogP contribution in [0.2, 0.25) is 0 Å². The number of rotatable bonds is 6. The van der Waals surface area contributed by atoms with Crippen molar-refractivity contribution in [2.24, 2.45) is 5.73 Å². The highest BCUT2D eigenvalue weighted by Gasteiger charge is 2.11. The maximum Gasteiger partial charge on any atom is 0.227 e. The summed E-state index contributed by atoms with van der Waals surface area (Å²) in [7, 11) is 0. The number of aryl methyl sites for hydroxylation is 1. The van der Waals surface area contributed by atoms with Crippen LogP contribution < -0.4 is 11.1 Å². The lowest BCUT2D eigenvalue weighted by molar-refractivity contribution is -0.116. The number of carbonyl (C=O) groups excluding carboxylic acids is 1. The van der Waals surface area contributed by atoms with Crippen LogP contribution in [0.25, 0.3) is 0 Å². The molecule has 1 atom stereocenters. The summed E-state index contributed by atoms with van der Waals surface area (Å²) >= 11 is 1.41. The number of nitrogens with two attached hydrogens (primary N) is 1. The van der Waals surface area contributed by atoms with Gasteiger partial charge in [-0.05, 0) is 12.8 Å². The van der Waals surface area contributed by atoms with Crippen LogP contribution in [0, 0.1) is 0 Å². The predicted octanol–water partition coefficient (Wildman–Crippen LogP) is 1.56. The van der Waals surface area contributed by atoms with Gasteiger partial charge in [0, 0.05) is 12.5 Å². The highest BCUT2D eigenvalue weighted by molar-refractivity contribution is 7.15. The summed E-state index contributed by atoms with van der Waals surface area (Å²) in [6.07, 6.45) is 3.04. The van der Waals surface area contributed by atoms with E-state index in [0.29, 0.717) is 11.6 Å². The molecule has 1 amide bonds. The fraction of sp³-hybridized carbons (Fsp3) is 0.700. The standard InChI is InChI=1S/C10H18N4OS/c1-3-5-7(11)6-8(15)12-10-14-13-9(4-2)16-10/h7H,3-6,11H2,1-2H3,(H,12,14,15). The highest BCUT2D eigenvalue weighted by atomic mass is 32.1. The summed E-state index contributed by atoms with van der Waals surface area (Å²) in [5.41, 5.74) is 5.78. The molecule has 0 aliphatic rings. The number of hydrogen-bond donors (Lipinski definition) is 2. The van der Waals surface area contributed by atoms with Gasteiger partial charge in [-0.2, -0.15) is 0 Å². The Labute approximate surface area is 99.5 Å². The van der Waals surface area contributed by atoms with Gasteiger partial charge >= 0.3 is 0 Å². The molecule has 0 saturated heterocycles. The third kappa shape index (κ3) is 4.24. The zero-order chi connectivity index (χ0) is 12.0. The molecule has 0 aromatic carbocycles. The quantitative estimate of drug-likeness (QED) is 0.793. The number of hydrogen-bond acceptors (Lipinski definition) is 5. The molecule has 0 radical (unpaired) electrons. The Morgan fingerprint density at radius 1 is 1.50 bits per heavy atom. The molecular formula is C10H18N4OS. The lowest BCUT2D eigenvalue weighted by atomic mass is 10.1. The summed E-state index contributed by atoms with van der Waals surface area (Å²) in [5.74, 6) is -0.0836. The fourth-order valence-electron chi connectivity index (χ4n) is 1.33. The average molecular weight is 242 g/mol. The Kier molecular flexibility index (Phi) is 5.34. The summed E-state index contributed by atoms with van der Waals surface area (Å²) in [6.45, 7) is 4.05. The first kappa shape index (κ1) is 13.1. The number of carbonyl (C=O) groups is 1. The number of aromatic nitrogens is 2. The molecule has 1 unspecified atom stereocenters. The zero-order valence-electron chi connectivity index (χ0n) is 9.69. The topological polar surface area (TPSA) is 80.9 Å². The third-order valence-corrected chi connectivity index (χ3v) is 3.11. The van der Waals surface area contributed by atoms with Crippen LogP contribution in [0.5, 0.6) is 0 Å². The van der Waals surface area contributed by atoms with E-state index in [2.05, 4.69) is 22.4 Å². The fourth-order valence-corrected chi connectivity index (χ4v) is 2.02. The minimum atomic E-state index is -0.0836. The summed E-state index contributed by atoms with van der Waals surface area (Å²) < 4.78 is 0. The maximum absolute atomic E-state index is 11.5. The van der Waals surface area contributed by atoms with Crippen molar-refractivity contribution in [2.75, 3.05) is 5.32 Å². The lowest BCUT2D eigenvalue weighted by Gasteiger charge is -2.08. The van der Waals surface area contributed by atoms with Crippen molar-refractivity contribution in [1.29, 1.82) is 0 Å². The van der Waals surface area contributed by atoms with Crippen molar-refractivity contribution >= 4 is 22.4 Å². The molecule has 6 heteroatoms. The van der Waals surface area contributed by atoms with Crippen LogP contribution in [0.1, 0.15) is 38.1 Å². The van der Waals surface area contributed by atoms with Crippen LogP contribution in [0.3, 0.4) is 0 Å². The predicted molar refractivity (Wildman–Crippen MR) is 65.4 cm³/mol. The van der Waals surface area contributed by atoms with Gasteiger partial charge in [-0.25, -0.2) is 0 Å². The van der Waals surface area contributed by atoms with E-state index in [1.807, 2.05) is 6.92 Å². The van der Waals surface area contributed by atoms with E-state index < -0.39 is 0 Å². The van der Waals surface area contributed by atoms with Crippen molar-refractivity contribution in [3.63, 3.8) is 0 Å². The van der Waals surface area contributed by atoms with Crippen molar-refractivity contribution in [1.82, 2.24) is 10.2 Å². The number of nitrogens with one attached hydrogen (secondary N) is 1. The minimum absolute atomic E-state index is 0.0661. The molecule has 1 rings (SSSR count). The molecule has 0 aliphatic carbocycles. The molecule has 1 aromatic heterocycles. The molecule has 16 heavy (non-hydrogen) atoms. The second-order valence-electron chi connectivity index (χ2n) is 3.66. The first-order valence-electron chi connectivity index (χ1n) is 5.53. The molecule has 3 N–H and O–H groups in total. The highest BCUT2D eigenvalue weighted by Crippen LogP contribution is 2.15. The van der Waals surface area contributed by atoms with Gasteiger partial charge in [-0.3, -0.25) is 4.79 Å². The Hall–Kier alpha value is -1.01. The van der Waals surface area contributed by atoms with Crippen molar-refractivity contribution < 1.29 is 4.79 Å². The van der Waals surface area contributed by atoms with E-state index >= 15 is 0 Å². The molecule has 0 bridgehead atoms. The Morgan fingerprint density at radius 3 is 2.81 bits per heavy atom. The van der Waals surface area contributed by atoms with E-state index in [1.165, 1.54) is 11.3 Å². The third-order valence-electron chi connectivity index (χ3n) is 2.12. The number of anilines is 1. The SMILES string of the molecule is CCCC(N)CC(=O)Nc1nnc(CC)s1. The molecule has 0 saturated carbocycles. The Balaban J connectivity index is 2.39.